The minimum absolute atomic E-state index is 0.616. The van der Waals surface area contributed by atoms with Crippen LogP contribution in [0.15, 0.2) is 11.2 Å². The molecule has 1 aromatic rings. The van der Waals surface area contributed by atoms with E-state index in [0.717, 1.165) is 23.1 Å². The van der Waals surface area contributed by atoms with Gasteiger partial charge in [-0.05, 0) is 45.7 Å². The van der Waals surface area contributed by atoms with E-state index >= 15 is 0 Å². The second-order valence-corrected chi connectivity index (χ2v) is 6.99. The van der Waals surface area contributed by atoms with Gasteiger partial charge in [-0.25, -0.2) is 9.97 Å². The molecule has 0 bridgehead atoms. The van der Waals surface area contributed by atoms with Gasteiger partial charge in [0.1, 0.15) is 0 Å². The maximum absolute atomic E-state index is 4.60. The van der Waals surface area contributed by atoms with Crippen LogP contribution in [0, 0.1) is 13.8 Å². The van der Waals surface area contributed by atoms with E-state index in [9.17, 15) is 0 Å². The lowest BCUT2D eigenvalue weighted by Crippen LogP contribution is -2.38. The van der Waals surface area contributed by atoms with Crippen molar-refractivity contribution in [2.75, 3.05) is 6.54 Å². The normalized spacial score (nSPS) is 23.6. The molecule has 1 saturated carbocycles. The van der Waals surface area contributed by atoms with Gasteiger partial charge in [0.2, 0.25) is 0 Å². The smallest absolute Gasteiger partial charge is 0.188 e. The Labute approximate surface area is 127 Å². The van der Waals surface area contributed by atoms with Crippen LogP contribution in [0.1, 0.15) is 56.8 Å². The van der Waals surface area contributed by atoms with E-state index in [4.69, 9.17) is 0 Å². The molecule has 1 N–H and O–H groups in total. The van der Waals surface area contributed by atoms with Gasteiger partial charge < -0.3 is 5.32 Å². The Kier molecular flexibility index (Phi) is 6.30. The van der Waals surface area contributed by atoms with Gasteiger partial charge in [-0.2, -0.15) is 0 Å². The number of nitrogens with one attached hydrogen (secondary N) is 1. The van der Waals surface area contributed by atoms with E-state index in [1.54, 1.807) is 0 Å². The molecular formula is C16H27N3S. The molecule has 0 saturated heterocycles. The fraction of sp³-hybridized carbons (Fsp3) is 0.750. The van der Waals surface area contributed by atoms with Crippen molar-refractivity contribution < 1.29 is 0 Å². The van der Waals surface area contributed by atoms with Crippen LogP contribution in [-0.4, -0.2) is 27.8 Å². The third-order valence-corrected chi connectivity index (χ3v) is 5.09. The summed E-state index contributed by atoms with van der Waals surface area (Å²) in [5.74, 6) is 0. The maximum atomic E-state index is 4.60. The molecular weight excluding hydrogens is 266 g/mol. The Morgan fingerprint density at radius 3 is 2.55 bits per heavy atom. The van der Waals surface area contributed by atoms with Crippen molar-refractivity contribution in [3.63, 3.8) is 0 Å². The average molecular weight is 293 g/mol. The summed E-state index contributed by atoms with van der Waals surface area (Å²) in [7, 11) is 0. The second-order valence-electron chi connectivity index (χ2n) is 5.79. The zero-order valence-electron chi connectivity index (χ0n) is 13.0. The minimum Gasteiger partial charge on any atom is -0.313 e. The van der Waals surface area contributed by atoms with Crippen molar-refractivity contribution in [1.29, 1.82) is 0 Å². The second kappa shape index (κ2) is 7.99. The topological polar surface area (TPSA) is 37.8 Å². The molecule has 0 aliphatic heterocycles. The minimum atomic E-state index is 0.616. The summed E-state index contributed by atoms with van der Waals surface area (Å²) in [6, 6.07) is 2.66. The number of aromatic nitrogens is 2. The summed E-state index contributed by atoms with van der Waals surface area (Å²) in [5, 5.41) is 5.31. The molecule has 1 aliphatic rings. The fourth-order valence-electron chi connectivity index (χ4n) is 2.86. The Bertz CT molecular complexity index is 402. The predicted octanol–water partition coefficient (Wildman–Crippen LogP) is 3.89. The molecule has 2 unspecified atom stereocenters. The molecule has 4 heteroatoms. The Balaban J connectivity index is 2.05. The first-order valence-corrected chi connectivity index (χ1v) is 8.79. The lowest BCUT2D eigenvalue weighted by molar-refractivity contribution is 0.469. The molecule has 2 rings (SSSR count). The maximum Gasteiger partial charge on any atom is 0.188 e. The van der Waals surface area contributed by atoms with Gasteiger partial charge in [0.15, 0.2) is 5.16 Å². The largest absolute Gasteiger partial charge is 0.313 e. The number of hydrogen-bond donors (Lipinski definition) is 1. The molecule has 0 aromatic carbocycles. The predicted molar refractivity (Wildman–Crippen MR) is 86.3 cm³/mol. The van der Waals surface area contributed by atoms with Crippen molar-refractivity contribution in [2.24, 2.45) is 0 Å². The highest BCUT2D eigenvalue weighted by Crippen LogP contribution is 2.31. The van der Waals surface area contributed by atoms with Crippen LogP contribution in [0.3, 0.4) is 0 Å². The molecule has 0 spiro atoms. The van der Waals surface area contributed by atoms with Gasteiger partial charge >= 0.3 is 0 Å². The van der Waals surface area contributed by atoms with Gasteiger partial charge in [0.25, 0.3) is 0 Å². The van der Waals surface area contributed by atoms with Crippen LogP contribution in [-0.2, 0) is 0 Å². The van der Waals surface area contributed by atoms with Crippen LogP contribution >= 0.6 is 11.8 Å². The Morgan fingerprint density at radius 1 is 1.15 bits per heavy atom. The van der Waals surface area contributed by atoms with Crippen molar-refractivity contribution in [3.8, 4) is 0 Å². The molecule has 112 valence electrons. The summed E-state index contributed by atoms with van der Waals surface area (Å²) in [6.45, 7) is 7.46. The average Bonchev–Trinajstić information content (AvgIpc) is 2.60. The van der Waals surface area contributed by atoms with E-state index < -0.39 is 0 Å². The summed E-state index contributed by atoms with van der Waals surface area (Å²) >= 11 is 1.88. The van der Waals surface area contributed by atoms with Gasteiger partial charge in [-0.3, -0.25) is 0 Å². The summed E-state index contributed by atoms with van der Waals surface area (Å²) in [6.07, 6.45) is 7.84. The lowest BCUT2D eigenvalue weighted by Gasteiger charge is -2.25. The molecule has 2 atom stereocenters. The Hall–Kier alpha value is -0.610. The number of rotatable bonds is 5. The molecule has 20 heavy (non-hydrogen) atoms. The van der Waals surface area contributed by atoms with Crippen molar-refractivity contribution in [1.82, 2.24) is 15.3 Å². The van der Waals surface area contributed by atoms with E-state index in [-0.39, 0.29) is 0 Å². The summed E-state index contributed by atoms with van der Waals surface area (Å²) in [5.41, 5.74) is 2.15. The quantitative estimate of drug-likeness (QED) is 0.660. The lowest BCUT2D eigenvalue weighted by atomic mass is 10.1. The molecule has 1 aromatic heterocycles. The van der Waals surface area contributed by atoms with Crippen LogP contribution in [0.25, 0.3) is 0 Å². The van der Waals surface area contributed by atoms with E-state index in [1.165, 1.54) is 38.5 Å². The molecule has 1 heterocycles. The zero-order chi connectivity index (χ0) is 14.4. The SMILES string of the molecule is CCCNC1CCCCCC1Sc1nc(C)cc(C)n1. The van der Waals surface area contributed by atoms with Crippen LogP contribution in [0.5, 0.6) is 0 Å². The van der Waals surface area contributed by atoms with E-state index in [1.807, 2.05) is 17.8 Å². The highest BCUT2D eigenvalue weighted by atomic mass is 32.2. The monoisotopic (exact) mass is 293 g/mol. The summed E-state index contributed by atoms with van der Waals surface area (Å²) < 4.78 is 0. The first-order chi connectivity index (χ1) is 9.69. The van der Waals surface area contributed by atoms with Gasteiger partial charge in [0.05, 0.1) is 0 Å². The van der Waals surface area contributed by atoms with E-state index in [2.05, 4.69) is 36.1 Å². The first kappa shape index (κ1) is 15.8. The number of nitrogens with zero attached hydrogens (tertiary/aromatic N) is 2. The standard InChI is InChI=1S/C16H27N3S/c1-4-10-17-14-8-6-5-7-9-15(14)20-16-18-12(2)11-13(3)19-16/h11,14-15,17H,4-10H2,1-3H3. The highest BCUT2D eigenvalue weighted by Gasteiger charge is 2.25. The molecule has 1 aliphatic carbocycles. The van der Waals surface area contributed by atoms with Gasteiger partial charge in [-0.15, -0.1) is 0 Å². The van der Waals surface area contributed by atoms with Crippen molar-refractivity contribution in [2.45, 2.75) is 75.7 Å². The molecule has 0 amide bonds. The fourth-order valence-corrected chi connectivity index (χ4v) is 4.20. The third-order valence-electron chi connectivity index (χ3n) is 3.83. The van der Waals surface area contributed by atoms with Crippen molar-refractivity contribution >= 4 is 11.8 Å². The van der Waals surface area contributed by atoms with Crippen LogP contribution in [0.4, 0.5) is 0 Å². The number of thioether (sulfide) groups is 1. The Morgan fingerprint density at radius 2 is 1.85 bits per heavy atom. The molecule has 0 radical (unpaired) electrons. The summed E-state index contributed by atoms with van der Waals surface area (Å²) in [4.78, 5) is 9.20. The van der Waals surface area contributed by atoms with Gasteiger partial charge in [0, 0.05) is 22.7 Å². The first-order valence-electron chi connectivity index (χ1n) is 7.91. The van der Waals surface area contributed by atoms with Crippen LogP contribution in [0.2, 0.25) is 0 Å². The van der Waals surface area contributed by atoms with E-state index in [0.29, 0.717) is 11.3 Å². The number of hydrogen-bond acceptors (Lipinski definition) is 4. The van der Waals surface area contributed by atoms with Gasteiger partial charge in [-0.1, -0.05) is 37.9 Å². The number of aryl methyl sites for hydroxylation is 2. The molecule has 1 fully saturated rings. The van der Waals surface area contributed by atoms with Crippen molar-refractivity contribution in [3.05, 3.63) is 17.5 Å². The van der Waals surface area contributed by atoms with Crippen LogP contribution < -0.4 is 5.32 Å². The molecule has 3 nitrogen and oxygen atoms in total. The zero-order valence-corrected chi connectivity index (χ0v) is 13.8. The highest BCUT2D eigenvalue weighted by molar-refractivity contribution is 7.99. The third kappa shape index (κ3) is 4.74.